The average Bonchev–Trinajstić information content (AvgIpc) is 3.14. The second kappa shape index (κ2) is 11.2. The summed E-state index contributed by atoms with van der Waals surface area (Å²) in [5, 5.41) is 2.93. The molecule has 196 valence electrons. The molecule has 4 rings (SSSR count). The minimum absolute atomic E-state index is 0.111. The van der Waals surface area contributed by atoms with E-state index in [0.717, 1.165) is 11.3 Å². The summed E-state index contributed by atoms with van der Waals surface area (Å²) in [4.78, 5) is 61.4. The van der Waals surface area contributed by atoms with Gasteiger partial charge in [-0.1, -0.05) is 32.0 Å². The van der Waals surface area contributed by atoms with Crippen LogP contribution in [0.5, 0.6) is 0 Å². The summed E-state index contributed by atoms with van der Waals surface area (Å²) in [6.45, 7) is 3.47. The van der Waals surface area contributed by atoms with Gasteiger partial charge < -0.3 is 15.1 Å². The molecule has 9 nitrogen and oxygen atoms in total. The van der Waals surface area contributed by atoms with Crippen molar-refractivity contribution < 1.29 is 19.2 Å². The van der Waals surface area contributed by atoms with Gasteiger partial charge in [-0.3, -0.25) is 29.1 Å². The highest BCUT2D eigenvalue weighted by Gasteiger charge is 2.39. The van der Waals surface area contributed by atoms with E-state index in [2.05, 4.69) is 10.3 Å². The molecule has 0 saturated heterocycles. The molecule has 0 spiro atoms. The van der Waals surface area contributed by atoms with Crippen LogP contribution >= 0.6 is 0 Å². The Balaban J connectivity index is 1.63. The summed E-state index contributed by atoms with van der Waals surface area (Å²) in [7, 11) is 3.86. The first kappa shape index (κ1) is 26.5. The van der Waals surface area contributed by atoms with Crippen LogP contribution in [-0.4, -0.2) is 60.1 Å². The van der Waals surface area contributed by atoms with Crippen molar-refractivity contribution in [2.45, 2.75) is 26.4 Å². The Hall–Kier alpha value is -4.53. The second-order valence-corrected chi connectivity index (χ2v) is 9.74. The molecule has 0 bridgehead atoms. The van der Waals surface area contributed by atoms with E-state index in [1.54, 1.807) is 42.7 Å². The molecule has 1 aliphatic rings. The number of benzene rings is 2. The Morgan fingerprint density at radius 1 is 0.974 bits per heavy atom. The van der Waals surface area contributed by atoms with Gasteiger partial charge in [0, 0.05) is 44.4 Å². The van der Waals surface area contributed by atoms with Crippen LogP contribution in [-0.2, 0) is 20.9 Å². The lowest BCUT2D eigenvalue weighted by Crippen LogP contribution is -2.53. The highest BCUT2D eigenvalue weighted by molar-refractivity contribution is 6.52. The maximum Gasteiger partial charge on any atom is 0.299 e. The highest BCUT2D eigenvalue weighted by atomic mass is 16.2. The summed E-state index contributed by atoms with van der Waals surface area (Å²) in [5.41, 5.74) is 2.99. The largest absolute Gasteiger partial charge is 0.378 e. The van der Waals surface area contributed by atoms with E-state index in [9.17, 15) is 19.2 Å². The zero-order chi connectivity index (χ0) is 27.4. The van der Waals surface area contributed by atoms with Gasteiger partial charge in [0.1, 0.15) is 12.6 Å². The van der Waals surface area contributed by atoms with E-state index >= 15 is 0 Å². The lowest BCUT2D eigenvalue weighted by molar-refractivity contribution is -0.140. The fourth-order valence-electron chi connectivity index (χ4n) is 4.52. The van der Waals surface area contributed by atoms with Gasteiger partial charge in [0.25, 0.3) is 11.7 Å². The molecule has 1 aliphatic heterocycles. The maximum absolute atomic E-state index is 13.8. The number of Topliss-reactive ketones (excluding diaryl/α,β-unsaturated/α-hetero) is 1. The molecule has 9 heteroatoms. The molecular weight excluding hydrogens is 482 g/mol. The maximum atomic E-state index is 13.8. The molecule has 1 N–H and O–H groups in total. The fourth-order valence-corrected chi connectivity index (χ4v) is 4.52. The molecule has 2 aromatic carbocycles. The standard InChI is InChI=1S/C29H31N5O4/c1-19(2)26(28(37)31-21-11-13-22(14-12-21)32(3)4)34(17-20-8-7-15-30-16-20)25(35)18-33-24-10-6-5-9-23(24)27(36)29(33)38/h5-16,19,26H,17-18H2,1-4H3,(H,31,37). The normalized spacial score (nSPS) is 13.3. The fraction of sp³-hybridized carbons (Fsp3) is 0.276. The molecule has 2 heterocycles. The van der Waals surface area contributed by atoms with Crippen molar-refractivity contribution in [1.82, 2.24) is 9.88 Å². The van der Waals surface area contributed by atoms with E-state index in [4.69, 9.17) is 0 Å². The van der Waals surface area contributed by atoms with E-state index < -0.39 is 23.6 Å². The molecule has 0 radical (unpaired) electrons. The van der Waals surface area contributed by atoms with Crippen molar-refractivity contribution in [2.24, 2.45) is 5.92 Å². The molecule has 1 unspecified atom stereocenters. The molecule has 0 saturated carbocycles. The van der Waals surface area contributed by atoms with Crippen LogP contribution in [0, 0.1) is 5.92 Å². The van der Waals surface area contributed by atoms with Crippen LogP contribution in [0.2, 0.25) is 0 Å². The van der Waals surface area contributed by atoms with Crippen molar-refractivity contribution in [2.75, 3.05) is 35.8 Å². The first-order chi connectivity index (χ1) is 18.2. The third kappa shape index (κ3) is 5.56. The number of aromatic nitrogens is 1. The molecule has 0 aliphatic carbocycles. The van der Waals surface area contributed by atoms with Crippen molar-refractivity contribution >= 4 is 40.6 Å². The highest BCUT2D eigenvalue weighted by Crippen LogP contribution is 2.29. The number of fused-ring (bicyclic) bond motifs is 1. The van der Waals surface area contributed by atoms with Gasteiger partial charge in [0.05, 0.1) is 11.3 Å². The lowest BCUT2D eigenvalue weighted by Gasteiger charge is -2.34. The number of nitrogens with one attached hydrogen (secondary N) is 1. The van der Waals surface area contributed by atoms with Gasteiger partial charge in [-0.15, -0.1) is 0 Å². The second-order valence-electron chi connectivity index (χ2n) is 9.74. The van der Waals surface area contributed by atoms with E-state index in [1.165, 1.54) is 9.80 Å². The van der Waals surface area contributed by atoms with Crippen molar-refractivity contribution in [3.8, 4) is 0 Å². The van der Waals surface area contributed by atoms with E-state index in [-0.39, 0.29) is 30.5 Å². The lowest BCUT2D eigenvalue weighted by atomic mass is 10.00. The van der Waals surface area contributed by atoms with Crippen LogP contribution in [0.25, 0.3) is 0 Å². The van der Waals surface area contributed by atoms with Crippen molar-refractivity contribution in [1.29, 1.82) is 0 Å². The number of carbonyl (C=O) groups excluding carboxylic acids is 4. The van der Waals surface area contributed by atoms with Gasteiger partial charge in [-0.25, -0.2) is 0 Å². The molecule has 1 atom stereocenters. The number of carbonyl (C=O) groups is 4. The Kier molecular flexibility index (Phi) is 7.85. The van der Waals surface area contributed by atoms with Crippen LogP contribution < -0.4 is 15.1 Å². The SMILES string of the molecule is CC(C)C(C(=O)Nc1ccc(N(C)C)cc1)N(Cc1cccnc1)C(=O)CN1C(=O)C(=O)c2ccccc21. The molecule has 3 aromatic rings. The summed E-state index contributed by atoms with van der Waals surface area (Å²) < 4.78 is 0. The quantitative estimate of drug-likeness (QED) is 0.440. The Morgan fingerprint density at radius 3 is 2.32 bits per heavy atom. The Labute approximate surface area is 222 Å². The monoisotopic (exact) mass is 513 g/mol. The number of hydrogen-bond acceptors (Lipinski definition) is 6. The zero-order valence-electron chi connectivity index (χ0n) is 21.9. The number of hydrogen-bond donors (Lipinski definition) is 1. The first-order valence-corrected chi connectivity index (χ1v) is 12.4. The number of ketones is 1. The molecule has 1 aromatic heterocycles. The number of pyridine rings is 1. The van der Waals surface area contributed by atoms with Crippen LogP contribution in [0.1, 0.15) is 29.8 Å². The molecule has 3 amide bonds. The third-order valence-corrected chi connectivity index (χ3v) is 6.46. The summed E-state index contributed by atoms with van der Waals surface area (Å²) in [6.07, 6.45) is 3.26. The number of amides is 3. The summed E-state index contributed by atoms with van der Waals surface area (Å²) in [5.74, 6) is -2.46. The van der Waals surface area contributed by atoms with Gasteiger partial charge in [0.15, 0.2) is 0 Å². The summed E-state index contributed by atoms with van der Waals surface area (Å²) >= 11 is 0. The minimum atomic E-state index is -0.847. The van der Waals surface area contributed by atoms with Gasteiger partial charge in [-0.2, -0.15) is 0 Å². The topological polar surface area (TPSA) is 103 Å². The number of para-hydroxylation sites is 1. The Morgan fingerprint density at radius 2 is 1.68 bits per heavy atom. The van der Waals surface area contributed by atoms with Gasteiger partial charge in [-0.05, 0) is 53.9 Å². The third-order valence-electron chi connectivity index (χ3n) is 6.46. The molecular formula is C29H31N5O4. The van der Waals surface area contributed by atoms with Crippen molar-refractivity contribution in [3.05, 3.63) is 84.2 Å². The Bertz CT molecular complexity index is 1340. The number of rotatable bonds is 9. The van der Waals surface area contributed by atoms with Gasteiger partial charge in [0.2, 0.25) is 11.8 Å². The van der Waals surface area contributed by atoms with E-state index in [0.29, 0.717) is 11.4 Å². The molecule has 0 fully saturated rings. The predicted molar refractivity (Wildman–Crippen MR) is 146 cm³/mol. The van der Waals surface area contributed by atoms with Gasteiger partial charge >= 0.3 is 0 Å². The van der Waals surface area contributed by atoms with E-state index in [1.807, 2.05) is 63.2 Å². The minimum Gasteiger partial charge on any atom is -0.378 e. The summed E-state index contributed by atoms with van der Waals surface area (Å²) in [6, 6.07) is 16.7. The number of anilines is 3. The smallest absolute Gasteiger partial charge is 0.299 e. The van der Waals surface area contributed by atoms with Crippen LogP contribution in [0.15, 0.2) is 73.1 Å². The zero-order valence-corrected chi connectivity index (χ0v) is 21.9. The first-order valence-electron chi connectivity index (χ1n) is 12.4. The van der Waals surface area contributed by atoms with Crippen LogP contribution in [0.4, 0.5) is 17.1 Å². The van der Waals surface area contributed by atoms with Crippen LogP contribution in [0.3, 0.4) is 0 Å². The van der Waals surface area contributed by atoms with Crippen molar-refractivity contribution in [3.63, 3.8) is 0 Å². The number of nitrogens with zero attached hydrogens (tertiary/aromatic N) is 4. The predicted octanol–water partition coefficient (Wildman–Crippen LogP) is 3.37. The molecule has 38 heavy (non-hydrogen) atoms. The average molecular weight is 514 g/mol.